The highest BCUT2D eigenvalue weighted by Gasteiger charge is 2.41. The maximum atomic E-state index is 12.6. The van der Waals surface area contributed by atoms with E-state index < -0.39 is 0 Å². The molecule has 1 saturated carbocycles. The number of hydrogen-bond acceptors (Lipinski definition) is 3. The van der Waals surface area contributed by atoms with Gasteiger partial charge < -0.3 is 10.1 Å². The third kappa shape index (κ3) is 3.95. The van der Waals surface area contributed by atoms with Crippen LogP contribution < -0.4 is 5.32 Å². The van der Waals surface area contributed by atoms with Crippen molar-refractivity contribution >= 4 is 5.97 Å². The van der Waals surface area contributed by atoms with Gasteiger partial charge in [0.1, 0.15) is 6.10 Å². The fourth-order valence-corrected chi connectivity index (χ4v) is 3.58. The standard InChI is InChI=1S/C16H29NO2/c1-2-9-16(10-12-17-13-11-16)15(18)19-14-7-5-3-4-6-8-14/h14,17H,2-13H2,1H3. The van der Waals surface area contributed by atoms with E-state index >= 15 is 0 Å². The molecule has 2 aliphatic rings. The number of esters is 1. The van der Waals surface area contributed by atoms with Crippen LogP contribution in [0.4, 0.5) is 0 Å². The van der Waals surface area contributed by atoms with Crippen LogP contribution in [0.15, 0.2) is 0 Å². The Morgan fingerprint density at radius 3 is 2.37 bits per heavy atom. The van der Waals surface area contributed by atoms with Gasteiger partial charge in [0, 0.05) is 0 Å². The summed E-state index contributed by atoms with van der Waals surface area (Å²) in [6.45, 7) is 4.09. The van der Waals surface area contributed by atoms with Gasteiger partial charge in [0.15, 0.2) is 0 Å². The summed E-state index contributed by atoms with van der Waals surface area (Å²) in [7, 11) is 0. The Balaban J connectivity index is 1.94. The molecule has 1 aliphatic carbocycles. The highest BCUT2D eigenvalue weighted by Crippen LogP contribution is 2.36. The van der Waals surface area contributed by atoms with Crippen LogP contribution in [-0.2, 0) is 9.53 Å². The summed E-state index contributed by atoms with van der Waals surface area (Å²) in [6.07, 6.45) is 11.4. The molecule has 2 rings (SSSR count). The molecular weight excluding hydrogens is 238 g/mol. The molecule has 0 radical (unpaired) electrons. The van der Waals surface area contributed by atoms with Gasteiger partial charge in [0.2, 0.25) is 0 Å². The summed E-state index contributed by atoms with van der Waals surface area (Å²) in [6, 6.07) is 0. The minimum atomic E-state index is -0.188. The molecule has 1 aliphatic heterocycles. The van der Waals surface area contributed by atoms with E-state index in [1.807, 2.05) is 0 Å². The summed E-state index contributed by atoms with van der Waals surface area (Å²) in [5.74, 6) is 0.0998. The predicted molar refractivity (Wildman–Crippen MR) is 77.0 cm³/mol. The van der Waals surface area contributed by atoms with Crippen LogP contribution >= 0.6 is 0 Å². The number of piperidine rings is 1. The molecule has 0 atom stereocenters. The smallest absolute Gasteiger partial charge is 0.312 e. The molecule has 1 N–H and O–H groups in total. The second-order valence-electron chi connectivity index (χ2n) is 6.30. The summed E-state index contributed by atoms with van der Waals surface area (Å²) in [5, 5.41) is 3.36. The minimum Gasteiger partial charge on any atom is -0.462 e. The molecule has 2 fully saturated rings. The van der Waals surface area contributed by atoms with Crippen LogP contribution in [0.2, 0.25) is 0 Å². The molecule has 1 heterocycles. The molecule has 3 heteroatoms. The molecule has 0 aromatic carbocycles. The van der Waals surface area contributed by atoms with Crippen molar-refractivity contribution in [3.05, 3.63) is 0 Å². The van der Waals surface area contributed by atoms with Crippen LogP contribution in [0, 0.1) is 5.41 Å². The molecule has 110 valence electrons. The molecule has 0 unspecified atom stereocenters. The Morgan fingerprint density at radius 2 is 1.79 bits per heavy atom. The first kappa shape index (κ1) is 14.8. The third-order valence-electron chi connectivity index (χ3n) is 4.80. The molecule has 1 saturated heterocycles. The lowest BCUT2D eigenvalue weighted by Gasteiger charge is -2.36. The zero-order chi connectivity index (χ0) is 13.6. The van der Waals surface area contributed by atoms with Gasteiger partial charge in [-0.2, -0.15) is 0 Å². The topological polar surface area (TPSA) is 38.3 Å². The van der Waals surface area contributed by atoms with Gasteiger partial charge in [-0.05, 0) is 58.0 Å². The van der Waals surface area contributed by atoms with Crippen molar-refractivity contribution in [2.75, 3.05) is 13.1 Å². The van der Waals surface area contributed by atoms with Crippen LogP contribution in [0.3, 0.4) is 0 Å². The van der Waals surface area contributed by atoms with E-state index in [0.29, 0.717) is 0 Å². The van der Waals surface area contributed by atoms with Gasteiger partial charge in [-0.1, -0.05) is 26.2 Å². The van der Waals surface area contributed by atoms with Gasteiger partial charge >= 0.3 is 5.97 Å². The average Bonchev–Trinajstić information content (AvgIpc) is 2.69. The van der Waals surface area contributed by atoms with Crippen LogP contribution in [0.5, 0.6) is 0 Å². The molecule has 0 bridgehead atoms. The molecular formula is C16H29NO2. The largest absolute Gasteiger partial charge is 0.462 e. The first-order valence-electron chi connectivity index (χ1n) is 8.19. The van der Waals surface area contributed by atoms with E-state index in [-0.39, 0.29) is 17.5 Å². The Labute approximate surface area is 117 Å². The predicted octanol–water partition coefficient (Wildman–Crippen LogP) is 3.42. The lowest BCUT2D eigenvalue weighted by molar-refractivity contribution is -0.164. The van der Waals surface area contributed by atoms with Crippen molar-refractivity contribution in [1.29, 1.82) is 0 Å². The first-order chi connectivity index (χ1) is 9.27. The number of carbonyl (C=O) groups excluding carboxylic acids is 1. The highest BCUT2D eigenvalue weighted by molar-refractivity contribution is 5.77. The zero-order valence-electron chi connectivity index (χ0n) is 12.4. The summed E-state index contributed by atoms with van der Waals surface area (Å²) >= 11 is 0. The van der Waals surface area contributed by atoms with E-state index in [0.717, 1.165) is 51.6 Å². The maximum Gasteiger partial charge on any atom is 0.312 e. The van der Waals surface area contributed by atoms with Crippen molar-refractivity contribution in [3.63, 3.8) is 0 Å². The zero-order valence-corrected chi connectivity index (χ0v) is 12.4. The van der Waals surface area contributed by atoms with Gasteiger partial charge in [-0.3, -0.25) is 4.79 Å². The van der Waals surface area contributed by atoms with Crippen molar-refractivity contribution in [2.45, 2.75) is 77.2 Å². The maximum absolute atomic E-state index is 12.6. The number of carbonyl (C=O) groups is 1. The first-order valence-corrected chi connectivity index (χ1v) is 8.19. The highest BCUT2D eigenvalue weighted by atomic mass is 16.5. The Bertz CT molecular complexity index is 271. The lowest BCUT2D eigenvalue weighted by Crippen LogP contribution is -2.44. The molecule has 0 spiro atoms. The molecule has 0 amide bonds. The van der Waals surface area contributed by atoms with Crippen molar-refractivity contribution in [2.24, 2.45) is 5.41 Å². The summed E-state index contributed by atoms with van der Waals surface area (Å²) in [5.41, 5.74) is -0.188. The number of hydrogen-bond donors (Lipinski definition) is 1. The second kappa shape index (κ2) is 7.28. The van der Waals surface area contributed by atoms with E-state index in [1.165, 1.54) is 25.7 Å². The number of nitrogens with one attached hydrogen (secondary N) is 1. The van der Waals surface area contributed by atoms with E-state index in [4.69, 9.17) is 4.74 Å². The van der Waals surface area contributed by atoms with E-state index in [2.05, 4.69) is 12.2 Å². The van der Waals surface area contributed by atoms with E-state index in [9.17, 15) is 4.79 Å². The number of ether oxygens (including phenoxy) is 1. The van der Waals surface area contributed by atoms with E-state index in [1.54, 1.807) is 0 Å². The third-order valence-corrected chi connectivity index (χ3v) is 4.80. The number of rotatable bonds is 4. The van der Waals surface area contributed by atoms with Gasteiger partial charge in [0.25, 0.3) is 0 Å². The SMILES string of the molecule is CCCC1(C(=O)OC2CCCCCC2)CCNCC1. The molecule has 0 aromatic rings. The monoisotopic (exact) mass is 267 g/mol. The fourth-order valence-electron chi connectivity index (χ4n) is 3.58. The van der Waals surface area contributed by atoms with Crippen LogP contribution in [0.25, 0.3) is 0 Å². The molecule has 19 heavy (non-hydrogen) atoms. The minimum absolute atomic E-state index is 0.0998. The van der Waals surface area contributed by atoms with Crippen molar-refractivity contribution in [3.8, 4) is 0 Å². The normalized spacial score (nSPS) is 24.7. The lowest BCUT2D eigenvalue weighted by atomic mass is 9.75. The summed E-state index contributed by atoms with van der Waals surface area (Å²) in [4.78, 5) is 12.6. The van der Waals surface area contributed by atoms with Crippen molar-refractivity contribution in [1.82, 2.24) is 5.32 Å². The molecule has 3 nitrogen and oxygen atoms in total. The van der Waals surface area contributed by atoms with Crippen LogP contribution in [-0.4, -0.2) is 25.2 Å². The summed E-state index contributed by atoms with van der Waals surface area (Å²) < 4.78 is 5.90. The average molecular weight is 267 g/mol. The Hall–Kier alpha value is -0.570. The van der Waals surface area contributed by atoms with Crippen LogP contribution in [0.1, 0.15) is 71.1 Å². The van der Waals surface area contributed by atoms with Crippen molar-refractivity contribution < 1.29 is 9.53 Å². The van der Waals surface area contributed by atoms with Gasteiger partial charge in [-0.15, -0.1) is 0 Å². The Morgan fingerprint density at radius 1 is 1.16 bits per heavy atom. The van der Waals surface area contributed by atoms with Gasteiger partial charge in [-0.25, -0.2) is 0 Å². The molecule has 0 aromatic heterocycles. The second-order valence-corrected chi connectivity index (χ2v) is 6.30. The fraction of sp³-hybridized carbons (Fsp3) is 0.938. The quantitative estimate of drug-likeness (QED) is 0.626. The van der Waals surface area contributed by atoms with Gasteiger partial charge in [0.05, 0.1) is 5.41 Å². The Kier molecular flexibility index (Phi) is 5.68.